The molecule has 0 aromatic heterocycles. The van der Waals surface area contributed by atoms with Gasteiger partial charge in [-0.3, -0.25) is 4.79 Å². The van der Waals surface area contributed by atoms with Crippen LogP contribution in [0.5, 0.6) is 0 Å². The number of ether oxygens (including phenoxy) is 1. The van der Waals surface area contributed by atoms with Crippen LogP contribution in [0.2, 0.25) is 0 Å². The van der Waals surface area contributed by atoms with E-state index in [2.05, 4.69) is 6.58 Å². The van der Waals surface area contributed by atoms with Crippen LogP contribution in [-0.2, 0) is 9.53 Å². The monoisotopic (exact) mass is 154 g/mol. The Balaban J connectivity index is 2.22. The normalized spacial score (nSPS) is 23.5. The summed E-state index contributed by atoms with van der Waals surface area (Å²) in [7, 11) is 0. The number of carbonyl (C=O) groups excluding carboxylic acids is 1. The van der Waals surface area contributed by atoms with Crippen LogP contribution in [0.15, 0.2) is 12.7 Å². The minimum Gasteiger partial charge on any atom is -0.381 e. The van der Waals surface area contributed by atoms with Crippen LogP contribution in [0, 0.1) is 5.92 Å². The molecule has 0 radical (unpaired) electrons. The lowest BCUT2D eigenvalue weighted by molar-refractivity contribution is -0.122. The maximum absolute atomic E-state index is 11.3. The summed E-state index contributed by atoms with van der Waals surface area (Å²) in [5.41, 5.74) is 0. The fraction of sp³-hybridized carbons (Fsp3) is 0.667. The van der Waals surface area contributed by atoms with E-state index in [1.807, 2.05) is 0 Å². The van der Waals surface area contributed by atoms with Crippen LogP contribution in [0.3, 0.4) is 0 Å². The number of rotatable bonds is 4. The van der Waals surface area contributed by atoms with Gasteiger partial charge in [0.1, 0.15) is 5.78 Å². The first-order chi connectivity index (χ1) is 5.34. The maximum Gasteiger partial charge on any atom is 0.138 e. The van der Waals surface area contributed by atoms with Gasteiger partial charge in [-0.25, -0.2) is 0 Å². The molecule has 2 nitrogen and oxygen atoms in total. The van der Waals surface area contributed by atoms with Crippen molar-refractivity contribution >= 4 is 5.78 Å². The van der Waals surface area contributed by atoms with Crippen molar-refractivity contribution in [2.45, 2.75) is 19.3 Å². The fourth-order valence-corrected chi connectivity index (χ4v) is 1.24. The standard InChI is InChI=1S/C9H14O2/c1-2-3-4-9(10)8-5-6-11-7-8/h2,8H,1,3-7H2. The molecule has 1 heterocycles. The molecular formula is C9H14O2. The fourth-order valence-electron chi connectivity index (χ4n) is 1.24. The van der Waals surface area contributed by atoms with Gasteiger partial charge in [0.15, 0.2) is 0 Å². The number of ketones is 1. The highest BCUT2D eigenvalue weighted by Crippen LogP contribution is 2.15. The molecule has 0 saturated carbocycles. The molecule has 0 spiro atoms. The van der Waals surface area contributed by atoms with E-state index in [-0.39, 0.29) is 5.92 Å². The van der Waals surface area contributed by atoms with Gasteiger partial charge in [0.05, 0.1) is 6.61 Å². The van der Waals surface area contributed by atoms with Crippen LogP contribution in [0.25, 0.3) is 0 Å². The maximum atomic E-state index is 11.3. The third kappa shape index (κ3) is 2.46. The van der Waals surface area contributed by atoms with E-state index in [1.165, 1.54) is 0 Å². The van der Waals surface area contributed by atoms with Crippen molar-refractivity contribution in [2.24, 2.45) is 5.92 Å². The SMILES string of the molecule is C=CCCC(=O)C1CCOC1. The molecule has 1 saturated heterocycles. The number of hydrogen-bond acceptors (Lipinski definition) is 2. The predicted octanol–water partition coefficient (Wildman–Crippen LogP) is 1.56. The third-order valence-corrected chi connectivity index (χ3v) is 1.98. The van der Waals surface area contributed by atoms with Crippen LogP contribution in [0.4, 0.5) is 0 Å². The highest BCUT2D eigenvalue weighted by atomic mass is 16.5. The van der Waals surface area contributed by atoms with Gasteiger partial charge >= 0.3 is 0 Å². The highest BCUT2D eigenvalue weighted by Gasteiger charge is 2.21. The first kappa shape index (κ1) is 8.47. The Labute approximate surface area is 67.2 Å². The minimum atomic E-state index is 0.176. The summed E-state index contributed by atoms with van der Waals surface area (Å²) in [6, 6.07) is 0. The Hall–Kier alpha value is -0.630. The molecule has 1 rings (SSSR count). The summed E-state index contributed by atoms with van der Waals surface area (Å²) in [5.74, 6) is 0.511. The average molecular weight is 154 g/mol. The van der Waals surface area contributed by atoms with Gasteiger partial charge in [0.2, 0.25) is 0 Å². The molecule has 1 aliphatic heterocycles. The van der Waals surface area contributed by atoms with Gasteiger partial charge < -0.3 is 4.74 Å². The topological polar surface area (TPSA) is 26.3 Å². The van der Waals surface area contributed by atoms with Gasteiger partial charge in [-0.05, 0) is 12.8 Å². The first-order valence-electron chi connectivity index (χ1n) is 4.06. The average Bonchev–Trinajstić information content (AvgIpc) is 2.52. The summed E-state index contributed by atoms with van der Waals surface area (Å²) >= 11 is 0. The van der Waals surface area contributed by atoms with E-state index < -0.39 is 0 Å². The number of hydrogen-bond donors (Lipinski definition) is 0. The molecule has 1 unspecified atom stereocenters. The Kier molecular flexibility index (Phi) is 3.30. The molecule has 11 heavy (non-hydrogen) atoms. The van der Waals surface area contributed by atoms with Gasteiger partial charge in [-0.2, -0.15) is 0 Å². The summed E-state index contributed by atoms with van der Waals surface area (Å²) in [5, 5.41) is 0. The van der Waals surface area contributed by atoms with E-state index in [0.29, 0.717) is 18.8 Å². The summed E-state index contributed by atoms with van der Waals surface area (Å²) in [6.45, 7) is 4.97. The van der Waals surface area contributed by atoms with Crippen molar-refractivity contribution in [2.75, 3.05) is 13.2 Å². The zero-order chi connectivity index (χ0) is 8.10. The number of carbonyl (C=O) groups is 1. The minimum absolute atomic E-state index is 0.176. The smallest absolute Gasteiger partial charge is 0.138 e. The molecule has 2 heteroatoms. The second kappa shape index (κ2) is 4.29. The molecule has 1 atom stereocenters. The van der Waals surface area contributed by atoms with Gasteiger partial charge in [-0.1, -0.05) is 6.08 Å². The van der Waals surface area contributed by atoms with Gasteiger partial charge in [0.25, 0.3) is 0 Å². The molecule has 1 fully saturated rings. The second-order valence-electron chi connectivity index (χ2n) is 2.85. The molecule has 1 aliphatic rings. The zero-order valence-electron chi connectivity index (χ0n) is 6.71. The second-order valence-corrected chi connectivity index (χ2v) is 2.85. The Bertz CT molecular complexity index is 146. The number of Topliss-reactive ketones (excluding diaryl/α,β-unsaturated/α-hetero) is 1. The molecule has 0 aliphatic carbocycles. The molecule has 0 bridgehead atoms. The number of allylic oxidation sites excluding steroid dienone is 1. The van der Waals surface area contributed by atoms with Crippen molar-refractivity contribution in [3.05, 3.63) is 12.7 Å². The summed E-state index contributed by atoms with van der Waals surface area (Å²) in [6.07, 6.45) is 4.14. The van der Waals surface area contributed by atoms with Crippen molar-refractivity contribution in [3.63, 3.8) is 0 Å². The van der Waals surface area contributed by atoms with Crippen LogP contribution >= 0.6 is 0 Å². The summed E-state index contributed by atoms with van der Waals surface area (Å²) in [4.78, 5) is 11.3. The largest absolute Gasteiger partial charge is 0.381 e. The molecule has 0 aromatic rings. The van der Waals surface area contributed by atoms with Gasteiger partial charge in [-0.15, -0.1) is 6.58 Å². The van der Waals surface area contributed by atoms with E-state index in [4.69, 9.17) is 4.74 Å². The van der Waals surface area contributed by atoms with Crippen LogP contribution in [0.1, 0.15) is 19.3 Å². The van der Waals surface area contributed by atoms with E-state index >= 15 is 0 Å². The predicted molar refractivity (Wildman–Crippen MR) is 43.4 cm³/mol. The summed E-state index contributed by atoms with van der Waals surface area (Å²) < 4.78 is 5.11. The molecule has 62 valence electrons. The Morgan fingerprint density at radius 1 is 1.73 bits per heavy atom. The Morgan fingerprint density at radius 3 is 3.09 bits per heavy atom. The molecular weight excluding hydrogens is 140 g/mol. The molecule has 0 N–H and O–H groups in total. The van der Waals surface area contributed by atoms with Crippen LogP contribution in [-0.4, -0.2) is 19.0 Å². The van der Waals surface area contributed by atoms with Crippen molar-refractivity contribution in [1.29, 1.82) is 0 Å². The Morgan fingerprint density at radius 2 is 2.55 bits per heavy atom. The lowest BCUT2D eigenvalue weighted by Crippen LogP contribution is -2.13. The van der Waals surface area contributed by atoms with Crippen molar-refractivity contribution < 1.29 is 9.53 Å². The van der Waals surface area contributed by atoms with Crippen molar-refractivity contribution in [1.82, 2.24) is 0 Å². The lowest BCUT2D eigenvalue weighted by Gasteiger charge is -2.03. The highest BCUT2D eigenvalue weighted by molar-refractivity contribution is 5.81. The lowest BCUT2D eigenvalue weighted by atomic mass is 10.00. The molecule has 0 aromatic carbocycles. The quantitative estimate of drug-likeness (QED) is 0.574. The third-order valence-electron chi connectivity index (χ3n) is 1.98. The first-order valence-corrected chi connectivity index (χ1v) is 4.06. The van der Waals surface area contributed by atoms with Crippen molar-refractivity contribution in [3.8, 4) is 0 Å². The van der Waals surface area contributed by atoms with E-state index in [0.717, 1.165) is 19.4 Å². The van der Waals surface area contributed by atoms with Gasteiger partial charge in [0, 0.05) is 18.9 Å². The van der Waals surface area contributed by atoms with E-state index in [1.54, 1.807) is 6.08 Å². The molecule has 0 amide bonds. The van der Waals surface area contributed by atoms with E-state index in [9.17, 15) is 4.79 Å². The zero-order valence-corrected chi connectivity index (χ0v) is 6.71. The van der Waals surface area contributed by atoms with Crippen LogP contribution < -0.4 is 0 Å².